The molecule has 1 aromatic rings. The minimum Gasteiger partial charge on any atom is -0.477 e. The lowest BCUT2D eigenvalue weighted by Gasteiger charge is -2.07. The number of carboxylic acids is 1. The predicted molar refractivity (Wildman–Crippen MR) is 43.5 cm³/mol. The van der Waals surface area contributed by atoms with Gasteiger partial charge < -0.3 is 10.4 Å². The molecule has 15 heavy (non-hydrogen) atoms. The van der Waals surface area contributed by atoms with E-state index < -0.39 is 18.7 Å². The lowest BCUT2D eigenvalue weighted by Crippen LogP contribution is -2.22. The molecule has 0 aliphatic heterocycles. The number of hydrogen-bond donors (Lipinski definition) is 2. The molecule has 0 unspecified atom stereocenters. The van der Waals surface area contributed by atoms with Crippen LogP contribution in [0.1, 0.15) is 10.5 Å². The summed E-state index contributed by atoms with van der Waals surface area (Å²) in [5, 5.41) is 10.4. The van der Waals surface area contributed by atoms with Crippen LogP contribution in [-0.2, 0) is 0 Å². The van der Waals surface area contributed by atoms with Gasteiger partial charge in [0.2, 0.25) is 5.95 Å². The molecule has 0 bridgehead atoms. The molecule has 0 saturated carbocycles. The molecule has 0 aromatic carbocycles. The fraction of sp³-hybridized carbons (Fsp3) is 0.286. The van der Waals surface area contributed by atoms with Crippen molar-refractivity contribution in [2.75, 3.05) is 11.9 Å². The number of aromatic nitrogens is 2. The monoisotopic (exact) mass is 221 g/mol. The summed E-state index contributed by atoms with van der Waals surface area (Å²) in [5.41, 5.74) is -0.366. The summed E-state index contributed by atoms with van der Waals surface area (Å²) in [5.74, 6) is -1.69. The lowest BCUT2D eigenvalue weighted by molar-refractivity contribution is -0.115. The van der Waals surface area contributed by atoms with Crippen LogP contribution < -0.4 is 5.32 Å². The van der Waals surface area contributed by atoms with Gasteiger partial charge in [-0.15, -0.1) is 0 Å². The van der Waals surface area contributed by atoms with Gasteiger partial charge in [-0.05, 0) is 6.07 Å². The quantitative estimate of drug-likeness (QED) is 0.800. The highest BCUT2D eigenvalue weighted by molar-refractivity contribution is 5.85. The van der Waals surface area contributed by atoms with Crippen molar-refractivity contribution in [1.29, 1.82) is 0 Å². The van der Waals surface area contributed by atoms with Crippen molar-refractivity contribution < 1.29 is 23.1 Å². The second kappa shape index (κ2) is 4.11. The molecule has 0 saturated heterocycles. The van der Waals surface area contributed by atoms with E-state index in [2.05, 4.69) is 9.97 Å². The number of nitrogens with zero attached hydrogens (tertiary/aromatic N) is 2. The van der Waals surface area contributed by atoms with Crippen molar-refractivity contribution in [3.05, 3.63) is 18.0 Å². The van der Waals surface area contributed by atoms with E-state index in [1.165, 1.54) is 0 Å². The Morgan fingerprint density at radius 3 is 2.73 bits per heavy atom. The summed E-state index contributed by atoms with van der Waals surface area (Å²) in [6.45, 7) is -1.31. The Bertz CT molecular complexity index is 367. The minimum absolute atomic E-state index is 0.366. The minimum atomic E-state index is -4.40. The first-order chi connectivity index (χ1) is 6.88. The van der Waals surface area contributed by atoms with E-state index in [-0.39, 0.29) is 11.6 Å². The van der Waals surface area contributed by atoms with Crippen molar-refractivity contribution in [3.63, 3.8) is 0 Å². The Balaban J connectivity index is 2.70. The summed E-state index contributed by atoms with van der Waals surface area (Å²) in [6.07, 6.45) is -3.34. The van der Waals surface area contributed by atoms with Crippen LogP contribution in [0.5, 0.6) is 0 Å². The van der Waals surface area contributed by atoms with Crippen molar-refractivity contribution in [1.82, 2.24) is 9.97 Å². The second-order valence-electron chi connectivity index (χ2n) is 2.54. The molecule has 2 N–H and O–H groups in total. The number of hydrogen-bond acceptors (Lipinski definition) is 4. The van der Waals surface area contributed by atoms with Gasteiger partial charge in [-0.1, -0.05) is 0 Å². The Morgan fingerprint density at radius 1 is 1.53 bits per heavy atom. The van der Waals surface area contributed by atoms with Crippen molar-refractivity contribution in [3.8, 4) is 0 Å². The van der Waals surface area contributed by atoms with Crippen LogP contribution in [0.2, 0.25) is 0 Å². The third-order valence-corrected chi connectivity index (χ3v) is 1.32. The highest BCUT2D eigenvalue weighted by Crippen LogP contribution is 2.14. The first kappa shape index (κ1) is 11.2. The molecule has 82 valence electrons. The van der Waals surface area contributed by atoms with Crippen LogP contribution in [-0.4, -0.2) is 33.8 Å². The average Bonchev–Trinajstić information content (AvgIpc) is 2.14. The number of halogens is 3. The molecule has 0 atom stereocenters. The van der Waals surface area contributed by atoms with Gasteiger partial charge in [0.15, 0.2) is 5.69 Å². The van der Waals surface area contributed by atoms with Crippen molar-refractivity contribution in [2.24, 2.45) is 0 Å². The fourth-order valence-electron chi connectivity index (χ4n) is 0.742. The maximum Gasteiger partial charge on any atom is 0.405 e. The van der Waals surface area contributed by atoms with Gasteiger partial charge in [0.25, 0.3) is 0 Å². The van der Waals surface area contributed by atoms with Crippen LogP contribution in [0.4, 0.5) is 19.1 Å². The smallest absolute Gasteiger partial charge is 0.405 e. The van der Waals surface area contributed by atoms with Crippen LogP contribution in [0.25, 0.3) is 0 Å². The van der Waals surface area contributed by atoms with Crippen LogP contribution in [0, 0.1) is 0 Å². The first-order valence-electron chi connectivity index (χ1n) is 3.75. The normalized spacial score (nSPS) is 11.1. The Kier molecular flexibility index (Phi) is 3.08. The van der Waals surface area contributed by atoms with E-state index in [1.807, 2.05) is 5.32 Å². The van der Waals surface area contributed by atoms with E-state index >= 15 is 0 Å². The number of aromatic carboxylic acids is 1. The average molecular weight is 221 g/mol. The number of anilines is 1. The van der Waals surface area contributed by atoms with E-state index in [9.17, 15) is 18.0 Å². The standard InChI is InChI=1S/C7H6F3N3O2/c8-7(9,10)3-12-6-11-2-1-4(13-6)5(14)15/h1-2H,3H2,(H,14,15)(H,11,12,13). The van der Waals surface area contributed by atoms with E-state index in [4.69, 9.17) is 5.11 Å². The molecule has 1 rings (SSSR count). The first-order valence-corrected chi connectivity index (χ1v) is 3.75. The van der Waals surface area contributed by atoms with Crippen LogP contribution >= 0.6 is 0 Å². The summed E-state index contributed by atoms with van der Waals surface area (Å²) in [6, 6.07) is 1.08. The Morgan fingerprint density at radius 2 is 2.20 bits per heavy atom. The van der Waals surface area contributed by atoms with Crippen molar-refractivity contribution >= 4 is 11.9 Å². The van der Waals surface area contributed by atoms with Gasteiger partial charge in [0, 0.05) is 6.20 Å². The largest absolute Gasteiger partial charge is 0.477 e. The third kappa shape index (κ3) is 3.79. The van der Waals surface area contributed by atoms with Crippen LogP contribution in [0.15, 0.2) is 12.3 Å². The molecule has 0 aliphatic carbocycles. The summed E-state index contributed by atoms with van der Waals surface area (Å²) in [7, 11) is 0. The SMILES string of the molecule is O=C(O)c1ccnc(NCC(F)(F)F)n1. The molecule has 1 heterocycles. The third-order valence-electron chi connectivity index (χ3n) is 1.32. The zero-order valence-corrected chi connectivity index (χ0v) is 7.25. The van der Waals surface area contributed by atoms with Gasteiger partial charge in [-0.3, -0.25) is 0 Å². The summed E-state index contributed by atoms with van der Waals surface area (Å²) >= 11 is 0. The molecule has 5 nitrogen and oxygen atoms in total. The maximum absolute atomic E-state index is 11.8. The predicted octanol–water partition coefficient (Wildman–Crippen LogP) is 1.15. The van der Waals surface area contributed by atoms with Crippen LogP contribution in [0.3, 0.4) is 0 Å². The van der Waals surface area contributed by atoms with Gasteiger partial charge >= 0.3 is 12.1 Å². The van der Waals surface area contributed by atoms with Gasteiger partial charge in [-0.25, -0.2) is 14.8 Å². The highest BCUT2D eigenvalue weighted by Gasteiger charge is 2.27. The highest BCUT2D eigenvalue weighted by atomic mass is 19.4. The number of carbonyl (C=O) groups is 1. The molecule has 1 aromatic heterocycles. The zero-order chi connectivity index (χ0) is 11.5. The molecule has 0 fully saturated rings. The molecular weight excluding hydrogens is 215 g/mol. The Hall–Kier alpha value is -1.86. The summed E-state index contributed by atoms with van der Waals surface area (Å²) < 4.78 is 35.3. The molecule has 0 spiro atoms. The van der Waals surface area contributed by atoms with Crippen molar-refractivity contribution in [2.45, 2.75) is 6.18 Å². The topological polar surface area (TPSA) is 75.1 Å². The maximum atomic E-state index is 11.8. The zero-order valence-electron chi connectivity index (χ0n) is 7.25. The second-order valence-corrected chi connectivity index (χ2v) is 2.54. The van der Waals surface area contributed by atoms with Gasteiger partial charge in [-0.2, -0.15) is 13.2 Å². The molecule has 8 heteroatoms. The molecule has 0 aliphatic rings. The molecule has 0 amide bonds. The van der Waals surface area contributed by atoms with E-state index in [0.29, 0.717) is 0 Å². The Labute approximate surface area is 82.0 Å². The van der Waals surface area contributed by atoms with Gasteiger partial charge in [0.1, 0.15) is 6.54 Å². The number of nitrogens with one attached hydrogen (secondary N) is 1. The molecule has 0 radical (unpaired) electrons. The molecular formula is C7H6F3N3O2. The van der Waals surface area contributed by atoms with E-state index in [0.717, 1.165) is 12.3 Å². The van der Waals surface area contributed by atoms with E-state index in [1.54, 1.807) is 0 Å². The fourth-order valence-corrected chi connectivity index (χ4v) is 0.742. The number of rotatable bonds is 3. The number of alkyl halides is 3. The summed E-state index contributed by atoms with van der Waals surface area (Å²) in [4.78, 5) is 17.2. The lowest BCUT2D eigenvalue weighted by atomic mass is 10.4. The van der Waals surface area contributed by atoms with Gasteiger partial charge in [0.05, 0.1) is 0 Å². The number of carboxylic acid groups (broad SMARTS) is 1.